The van der Waals surface area contributed by atoms with Crippen molar-refractivity contribution in [3.8, 4) is 11.4 Å². The van der Waals surface area contributed by atoms with Crippen molar-refractivity contribution in [2.24, 2.45) is 0 Å². The maximum Gasteiger partial charge on any atom is 0.321 e. The number of amides is 3. The summed E-state index contributed by atoms with van der Waals surface area (Å²) in [5.74, 6) is 0.860. The maximum atomic E-state index is 12.6. The van der Waals surface area contributed by atoms with E-state index in [9.17, 15) is 9.59 Å². The van der Waals surface area contributed by atoms with Crippen molar-refractivity contribution >= 4 is 40.8 Å². The summed E-state index contributed by atoms with van der Waals surface area (Å²) in [7, 11) is 0. The quantitative estimate of drug-likeness (QED) is 0.564. The third kappa shape index (κ3) is 5.83. The van der Waals surface area contributed by atoms with Crippen molar-refractivity contribution in [2.45, 2.75) is 19.8 Å². The fraction of sp³-hybridized carbons (Fsp3) is 0.304. The van der Waals surface area contributed by atoms with Crippen LogP contribution in [0.5, 0.6) is 0 Å². The summed E-state index contributed by atoms with van der Waals surface area (Å²) in [6, 6.07) is 12.3. The number of nitrogens with zero attached hydrogens (tertiary/aromatic N) is 4. The first kappa shape index (κ1) is 23.1. The molecule has 4 rings (SSSR count). The molecule has 0 aliphatic carbocycles. The van der Waals surface area contributed by atoms with Crippen LogP contribution >= 0.6 is 23.2 Å². The van der Waals surface area contributed by atoms with Gasteiger partial charge >= 0.3 is 6.03 Å². The molecule has 33 heavy (non-hydrogen) atoms. The van der Waals surface area contributed by atoms with Gasteiger partial charge in [0, 0.05) is 60.3 Å². The summed E-state index contributed by atoms with van der Waals surface area (Å²) in [6.45, 7) is 3.76. The van der Waals surface area contributed by atoms with Gasteiger partial charge in [0.1, 0.15) is 0 Å². The van der Waals surface area contributed by atoms with Gasteiger partial charge in [-0.2, -0.15) is 4.98 Å². The molecule has 1 N–H and O–H groups in total. The second-order valence-corrected chi connectivity index (χ2v) is 8.62. The van der Waals surface area contributed by atoms with Crippen LogP contribution in [0.4, 0.5) is 10.5 Å². The number of benzene rings is 2. The van der Waals surface area contributed by atoms with Gasteiger partial charge in [-0.15, -0.1) is 0 Å². The number of hydrogen-bond acceptors (Lipinski definition) is 5. The maximum absolute atomic E-state index is 12.6. The zero-order valence-electron chi connectivity index (χ0n) is 18.1. The van der Waals surface area contributed by atoms with Crippen LogP contribution in [-0.4, -0.2) is 58.1 Å². The second kappa shape index (κ2) is 10.2. The van der Waals surface area contributed by atoms with Crippen molar-refractivity contribution < 1.29 is 14.1 Å². The molecule has 1 saturated heterocycles. The Morgan fingerprint density at radius 3 is 2.42 bits per heavy atom. The monoisotopic (exact) mass is 487 g/mol. The number of carbonyl (C=O) groups excluding carboxylic acids is 2. The summed E-state index contributed by atoms with van der Waals surface area (Å²) in [5.41, 5.74) is 2.39. The van der Waals surface area contributed by atoms with E-state index in [0.717, 1.165) is 11.1 Å². The van der Waals surface area contributed by atoms with Gasteiger partial charge in [-0.25, -0.2) is 4.79 Å². The van der Waals surface area contributed by atoms with Gasteiger partial charge in [-0.3, -0.25) is 4.79 Å². The number of aryl methyl sites for hydroxylation is 2. The molecule has 2 heterocycles. The van der Waals surface area contributed by atoms with E-state index < -0.39 is 0 Å². The lowest BCUT2D eigenvalue weighted by atomic mass is 10.2. The van der Waals surface area contributed by atoms with Crippen LogP contribution in [0.25, 0.3) is 11.4 Å². The Kier molecular flexibility index (Phi) is 7.15. The number of rotatable bonds is 5. The number of carbonyl (C=O) groups is 2. The highest BCUT2D eigenvalue weighted by Gasteiger charge is 2.24. The minimum atomic E-state index is -0.206. The first-order chi connectivity index (χ1) is 15.9. The number of halogens is 2. The number of hydrogen-bond donors (Lipinski definition) is 1. The zero-order valence-corrected chi connectivity index (χ0v) is 19.6. The lowest BCUT2D eigenvalue weighted by Crippen LogP contribution is -2.51. The Hall–Kier alpha value is -3.10. The molecule has 1 aromatic heterocycles. The van der Waals surface area contributed by atoms with Gasteiger partial charge in [-0.05, 0) is 48.9 Å². The first-order valence-electron chi connectivity index (χ1n) is 10.6. The van der Waals surface area contributed by atoms with Crippen LogP contribution in [0, 0.1) is 6.92 Å². The molecule has 0 spiro atoms. The Balaban J connectivity index is 1.23. The SMILES string of the molecule is Cc1ccc(NC(=O)N2CCN(C(=O)CCc3nc(-c4ccc(Cl)cc4)no3)CC2)cc1Cl. The predicted octanol–water partition coefficient (Wildman–Crippen LogP) is 4.66. The van der Waals surface area contributed by atoms with E-state index >= 15 is 0 Å². The van der Waals surface area contributed by atoms with Crippen LogP contribution < -0.4 is 5.32 Å². The summed E-state index contributed by atoms with van der Waals surface area (Å²) < 4.78 is 5.27. The molecule has 0 bridgehead atoms. The second-order valence-electron chi connectivity index (χ2n) is 7.78. The van der Waals surface area contributed by atoms with Gasteiger partial charge in [0.15, 0.2) is 0 Å². The highest BCUT2D eigenvalue weighted by molar-refractivity contribution is 6.31. The molecule has 10 heteroatoms. The summed E-state index contributed by atoms with van der Waals surface area (Å²) in [5, 5.41) is 8.05. The van der Waals surface area contributed by atoms with Crippen molar-refractivity contribution in [3.05, 3.63) is 64.0 Å². The van der Waals surface area contributed by atoms with Crippen LogP contribution in [0.1, 0.15) is 17.9 Å². The molecular formula is C23H23Cl2N5O3. The van der Waals surface area contributed by atoms with Gasteiger partial charge in [-0.1, -0.05) is 34.4 Å². The number of nitrogens with one attached hydrogen (secondary N) is 1. The molecule has 3 aromatic rings. The fourth-order valence-corrected chi connectivity index (χ4v) is 3.78. The van der Waals surface area contributed by atoms with Crippen molar-refractivity contribution in [3.63, 3.8) is 0 Å². The van der Waals surface area contributed by atoms with E-state index in [4.69, 9.17) is 27.7 Å². The van der Waals surface area contributed by atoms with Crippen molar-refractivity contribution in [2.75, 3.05) is 31.5 Å². The van der Waals surface area contributed by atoms with Gasteiger partial charge in [0.05, 0.1) is 0 Å². The third-order valence-electron chi connectivity index (χ3n) is 5.47. The lowest BCUT2D eigenvalue weighted by Gasteiger charge is -2.34. The van der Waals surface area contributed by atoms with Gasteiger partial charge in [0.2, 0.25) is 17.6 Å². The average molecular weight is 488 g/mol. The normalized spacial score (nSPS) is 13.8. The summed E-state index contributed by atoms with van der Waals surface area (Å²) >= 11 is 12.0. The summed E-state index contributed by atoms with van der Waals surface area (Å²) in [4.78, 5) is 32.9. The Labute approximate surface area is 201 Å². The van der Waals surface area contributed by atoms with E-state index in [0.29, 0.717) is 60.0 Å². The largest absolute Gasteiger partial charge is 0.339 e. The zero-order chi connectivity index (χ0) is 23.4. The molecule has 0 saturated carbocycles. The number of aromatic nitrogens is 2. The van der Waals surface area contributed by atoms with E-state index in [1.807, 2.05) is 31.2 Å². The molecule has 0 unspecified atom stereocenters. The van der Waals surface area contributed by atoms with Gasteiger partial charge in [0.25, 0.3) is 0 Å². The number of anilines is 1. The number of urea groups is 1. The molecule has 0 radical (unpaired) electrons. The minimum Gasteiger partial charge on any atom is -0.339 e. The molecule has 1 aliphatic heterocycles. The van der Waals surface area contributed by atoms with E-state index in [1.165, 1.54) is 0 Å². The van der Waals surface area contributed by atoms with Crippen LogP contribution in [0.15, 0.2) is 47.0 Å². The molecular weight excluding hydrogens is 465 g/mol. The van der Waals surface area contributed by atoms with Crippen LogP contribution in [-0.2, 0) is 11.2 Å². The third-order valence-corrected chi connectivity index (χ3v) is 6.13. The van der Waals surface area contributed by atoms with Gasteiger partial charge < -0.3 is 19.6 Å². The van der Waals surface area contributed by atoms with E-state index in [2.05, 4.69) is 15.5 Å². The Morgan fingerprint density at radius 2 is 1.73 bits per heavy atom. The van der Waals surface area contributed by atoms with Crippen molar-refractivity contribution in [1.29, 1.82) is 0 Å². The van der Waals surface area contributed by atoms with E-state index in [-0.39, 0.29) is 18.4 Å². The topological polar surface area (TPSA) is 91.6 Å². The smallest absolute Gasteiger partial charge is 0.321 e. The minimum absolute atomic E-state index is 0.00776. The molecule has 0 atom stereocenters. The highest BCUT2D eigenvalue weighted by Crippen LogP contribution is 2.21. The first-order valence-corrected chi connectivity index (χ1v) is 11.3. The molecule has 2 aromatic carbocycles. The summed E-state index contributed by atoms with van der Waals surface area (Å²) in [6.07, 6.45) is 0.616. The predicted molar refractivity (Wildman–Crippen MR) is 126 cm³/mol. The molecule has 1 aliphatic rings. The van der Waals surface area contributed by atoms with Crippen LogP contribution in [0.3, 0.4) is 0 Å². The lowest BCUT2D eigenvalue weighted by molar-refractivity contribution is -0.132. The average Bonchev–Trinajstić information content (AvgIpc) is 3.29. The fourth-order valence-electron chi connectivity index (χ4n) is 3.48. The molecule has 3 amide bonds. The van der Waals surface area contributed by atoms with Crippen molar-refractivity contribution in [1.82, 2.24) is 19.9 Å². The molecule has 8 nitrogen and oxygen atoms in total. The Morgan fingerprint density at radius 1 is 1.03 bits per heavy atom. The standard InChI is InChI=1S/C23H23Cl2N5O3/c1-15-2-7-18(14-19(15)25)26-23(32)30-12-10-29(11-13-30)21(31)9-8-20-27-22(28-33-20)16-3-5-17(24)6-4-16/h2-7,14H,8-13H2,1H3,(H,26,32). The number of piperazine rings is 1. The molecule has 1 fully saturated rings. The molecule has 172 valence electrons. The Bertz CT molecular complexity index is 1140. The van der Waals surface area contributed by atoms with E-state index in [1.54, 1.807) is 28.0 Å². The highest BCUT2D eigenvalue weighted by atomic mass is 35.5. The van der Waals surface area contributed by atoms with Crippen LogP contribution in [0.2, 0.25) is 10.0 Å².